The highest BCUT2D eigenvalue weighted by Crippen LogP contribution is 2.58. The second kappa shape index (κ2) is 15.0. The zero-order valence-electron chi connectivity index (χ0n) is 42.2. The third kappa shape index (κ3) is 6.47. The number of anilines is 5. The summed E-state index contributed by atoms with van der Waals surface area (Å²) in [6, 6.07) is 66.9. The van der Waals surface area contributed by atoms with E-state index in [2.05, 4.69) is 266 Å². The Morgan fingerprint density at radius 3 is 1.78 bits per heavy atom. The van der Waals surface area contributed by atoms with Crippen LogP contribution in [0.5, 0.6) is 0 Å². The van der Waals surface area contributed by atoms with Gasteiger partial charge in [0.25, 0.3) is 0 Å². The van der Waals surface area contributed by atoms with Gasteiger partial charge in [0.05, 0.1) is 11.4 Å². The molecule has 69 heavy (non-hydrogen) atoms. The lowest BCUT2D eigenvalue weighted by molar-refractivity contribution is 0.589. The van der Waals surface area contributed by atoms with Gasteiger partial charge in [0, 0.05) is 61.1 Å². The normalized spacial score (nSPS) is 14.9. The Bertz CT molecular complexity index is 3570. The summed E-state index contributed by atoms with van der Waals surface area (Å²) < 4.78 is 2.78. The summed E-state index contributed by atoms with van der Waals surface area (Å²) in [5.74, 6) is 0. The van der Waals surface area contributed by atoms with Crippen LogP contribution >= 0.6 is 0 Å². The fourth-order valence-corrected chi connectivity index (χ4v) is 12.0. The summed E-state index contributed by atoms with van der Waals surface area (Å²) >= 11 is 0. The molecule has 0 spiro atoms. The van der Waals surface area contributed by atoms with E-state index in [1.54, 1.807) is 0 Å². The van der Waals surface area contributed by atoms with Crippen LogP contribution in [0.4, 0.5) is 28.4 Å². The quantitative estimate of drug-likeness (QED) is 0.160. The summed E-state index contributed by atoms with van der Waals surface area (Å²) in [4.78, 5) is 5.20. The van der Waals surface area contributed by atoms with Crippen LogP contribution < -0.4 is 15.3 Å². The Hall–Kier alpha value is -7.04. The lowest BCUT2D eigenvalue weighted by Crippen LogP contribution is -2.50. The SMILES string of the molecule is CC(C)(C)c1ccc(N2C3=C(B4c5c(cc(C(C)(C)C)cc52)-c2ccc(N(c5ccccc5)c5ccccc5-c5ccccc5)c5c6cc(C(C)(C)C)ccc6n4c25)c2ccccc2C3(C)C)cc1. The Morgan fingerprint density at radius 1 is 0.493 bits per heavy atom. The molecule has 3 aliphatic rings. The van der Waals surface area contributed by atoms with E-state index in [1.807, 2.05) is 0 Å². The van der Waals surface area contributed by atoms with Gasteiger partial charge in [-0.3, -0.25) is 0 Å². The van der Waals surface area contributed by atoms with Crippen molar-refractivity contribution in [3.05, 3.63) is 209 Å². The second-order valence-corrected chi connectivity index (χ2v) is 23.4. The maximum absolute atomic E-state index is 2.78. The monoisotopic (exact) mass is 896 g/mol. The molecule has 3 nitrogen and oxygen atoms in total. The van der Waals surface area contributed by atoms with Crippen molar-refractivity contribution in [2.75, 3.05) is 9.80 Å². The van der Waals surface area contributed by atoms with Crippen molar-refractivity contribution in [3.8, 4) is 22.3 Å². The Labute approximate surface area is 409 Å². The first-order valence-corrected chi connectivity index (χ1v) is 25.0. The fourth-order valence-electron chi connectivity index (χ4n) is 12.0. The van der Waals surface area contributed by atoms with E-state index in [9.17, 15) is 0 Å². The predicted octanol–water partition coefficient (Wildman–Crippen LogP) is 16.9. The molecule has 0 amide bonds. The number of benzene rings is 8. The molecule has 1 aromatic heterocycles. The van der Waals surface area contributed by atoms with Gasteiger partial charge in [-0.1, -0.05) is 197 Å². The predicted molar refractivity (Wildman–Crippen MR) is 297 cm³/mol. The van der Waals surface area contributed by atoms with Crippen LogP contribution in [-0.2, 0) is 21.7 Å². The molecule has 1 aliphatic carbocycles. The van der Waals surface area contributed by atoms with Gasteiger partial charge in [-0.2, -0.15) is 0 Å². The average molecular weight is 896 g/mol. The minimum atomic E-state index is -0.293. The minimum Gasteiger partial charge on any atom is -0.375 e. The highest BCUT2D eigenvalue weighted by molar-refractivity contribution is 6.93. The first kappa shape index (κ1) is 43.3. The number of nitrogens with zero attached hydrogens (tertiary/aromatic N) is 3. The minimum absolute atomic E-state index is 0.0418. The number of hydrogen-bond donors (Lipinski definition) is 0. The van der Waals surface area contributed by atoms with Gasteiger partial charge in [0.2, 0.25) is 0 Å². The summed E-state index contributed by atoms with van der Waals surface area (Å²) in [6.07, 6.45) is 0. The highest BCUT2D eigenvalue weighted by atomic mass is 15.2. The zero-order valence-corrected chi connectivity index (χ0v) is 42.2. The summed E-state index contributed by atoms with van der Waals surface area (Å²) in [7, 11) is 0. The molecule has 0 atom stereocenters. The molecule has 0 saturated heterocycles. The molecule has 0 bridgehead atoms. The third-order valence-corrected chi connectivity index (χ3v) is 15.6. The molecule has 9 aromatic rings. The summed E-state index contributed by atoms with van der Waals surface area (Å²) in [6.45, 7) is 25.9. The molecular weight excluding hydrogens is 834 g/mol. The van der Waals surface area contributed by atoms with Crippen molar-refractivity contribution in [1.29, 1.82) is 0 Å². The number of fused-ring (bicyclic) bond motifs is 8. The van der Waals surface area contributed by atoms with E-state index >= 15 is 0 Å². The number of aromatic nitrogens is 1. The Morgan fingerprint density at radius 2 is 1.10 bits per heavy atom. The second-order valence-electron chi connectivity index (χ2n) is 23.4. The van der Waals surface area contributed by atoms with Crippen LogP contribution in [0.2, 0.25) is 0 Å². The van der Waals surface area contributed by atoms with Crippen molar-refractivity contribution >= 4 is 68.0 Å². The Kier molecular flexibility index (Phi) is 9.39. The molecular formula is C65H62BN3. The molecule has 0 saturated carbocycles. The maximum atomic E-state index is 2.78. The molecule has 0 radical (unpaired) electrons. The first-order valence-electron chi connectivity index (χ1n) is 25.0. The van der Waals surface area contributed by atoms with E-state index in [0.717, 1.165) is 11.4 Å². The van der Waals surface area contributed by atoms with E-state index in [0.29, 0.717) is 0 Å². The smallest absolute Gasteiger partial charge is 0.333 e. The maximum Gasteiger partial charge on any atom is 0.333 e. The fraction of sp³-hybridized carbons (Fsp3) is 0.231. The zero-order chi connectivity index (χ0) is 47.9. The van der Waals surface area contributed by atoms with Crippen LogP contribution in [0.25, 0.3) is 49.5 Å². The van der Waals surface area contributed by atoms with E-state index in [4.69, 9.17) is 0 Å². The molecule has 2 aliphatic heterocycles. The van der Waals surface area contributed by atoms with Crippen LogP contribution in [0.15, 0.2) is 182 Å². The molecule has 4 heteroatoms. The highest BCUT2D eigenvalue weighted by Gasteiger charge is 2.53. The largest absolute Gasteiger partial charge is 0.375 e. The van der Waals surface area contributed by atoms with E-state index in [1.165, 1.54) is 106 Å². The van der Waals surface area contributed by atoms with Gasteiger partial charge in [0.1, 0.15) is 0 Å². The Balaban J connectivity index is 1.25. The molecule has 8 aromatic carbocycles. The standard InChI is InChI=1S/C65H62BN3/c1-62(2,3)42-30-33-46(34-31-42)68-56-40-44(64(7,8)9)39-50-48-35-37-55(67(45-24-16-13-17-25-45)53-29-21-19-26-47(53)41-22-14-12-15-23-41)57-51-38-43(63(4,5)6)32-36-54(51)69(60(48)57)66(58(50)56)59-49-27-18-20-28-52(49)65(10,11)61(59)68/h12-40H,1-11H3. The summed E-state index contributed by atoms with van der Waals surface area (Å²) in [5, 5.41) is 2.56. The van der Waals surface area contributed by atoms with E-state index < -0.39 is 0 Å². The lowest BCUT2D eigenvalue weighted by Gasteiger charge is -2.44. The number of rotatable bonds is 5. The molecule has 340 valence electrons. The van der Waals surface area contributed by atoms with Crippen LogP contribution in [0.3, 0.4) is 0 Å². The van der Waals surface area contributed by atoms with Crippen LogP contribution in [0, 0.1) is 0 Å². The third-order valence-electron chi connectivity index (χ3n) is 15.6. The van der Waals surface area contributed by atoms with Gasteiger partial charge >= 0.3 is 6.85 Å². The van der Waals surface area contributed by atoms with Crippen molar-refractivity contribution in [3.63, 3.8) is 0 Å². The average Bonchev–Trinajstić information content (AvgIpc) is 3.79. The first-order chi connectivity index (χ1) is 32.9. The summed E-state index contributed by atoms with van der Waals surface area (Å²) in [5.41, 5.74) is 23.9. The number of para-hydroxylation sites is 2. The lowest BCUT2D eigenvalue weighted by atomic mass is 9.43. The van der Waals surface area contributed by atoms with Crippen molar-refractivity contribution in [1.82, 2.24) is 4.48 Å². The van der Waals surface area contributed by atoms with E-state index in [-0.39, 0.29) is 28.5 Å². The van der Waals surface area contributed by atoms with Gasteiger partial charge < -0.3 is 14.3 Å². The van der Waals surface area contributed by atoms with Gasteiger partial charge in [-0.25, -0.2) is 0 Å². The van der Waals surface area contributed by atoms with Crippen molar-refractivity contribution in [2.45, 2.75) is 97.8 Å². The van der Waals surface area contributed by atoms with Crippen molar-refractivity contribution in [2.24, 2.45) is 0 Å². The molecule has 0 unspecified atom stereocenters. The molecule has 0 fully saturated rings. The number of hydrogen-bond acceptors (Lipinski definition) is 2. The van der Waals surface area contributed by atoms with Crippen molar-refractivity contribution < 1.29 is 0 Å². The molecule has 12 rings (SSSR count). The van der Waals surface area contributed by atoms with Crippen LogP contribution in [0.1, 0.15) is 104 Å². The topological polar surface area (TPSA) is 11.4 Å². The molecule has 0 N–H and O–H groups in total. The van der Waals surface area contributed by atoms with Gasteiger partial charge in [-0.05, 0) is 121 Å². The van der Waals surface area contributed by atoms with Crippen LogP contribution in [-0.4, -0.2) is 11.3 Å². The molecule has 3 heterocycles. The number of allylic oxidation sites excluding steroid dienone is 1. The van der Waals surface area contributed by atoms with Gasteiger partial charge in [-0.15, -0.1) is 0 Å². The van der Waals surface area contributed by atoms with Gasteiger partial charge in [0.15, 0.2) is 0 Å².